The lowest BCUT2D eigenvalue weighted by atomic mass is 9.86. The first-order chi connectivity index (χ1) is 6.20. The standard InChI is InChI=1S/C11H20O2/c1-9-3-6-11(7-4-9)12-8-5-10(2)13-11/h9-10H,3-8H2,1-2H3. The molecule has 76 valence electrons. The molecule has 1 aliphatic carbocycles. The fourth-order valence-corrected chi connectivity index (χ4v) is 2.33. The summed E-state index contributed by atoms with van der Waals surface area (Å²) < 4.78 is 11.7. The van der Waals surface area contributed by atoms with Crippen LogP contribution < -0.4 is 0 Å². The first kappa shape index (κ1) is 9.47. The largest absolute Gasteiger partial charge is 0.350 e. The summed E-state index contributed by atoms with van der Waals surface area (Å²) in [5.74, 6) is 0.666. The van der Waals surface area contributed by atoms with Crippen LogP contribution >= 0.6 is 0 Å². The van der Waals surface area contributed by atoms with Gasteiger partial charge in [0.1, 0.15) is 0 Å². The zero-order valence-corrected chi connectivity index (χ0v) is 8.71. The van der Waals surface area contributed by atoms with Crippen LogP contribution in [-0.4, -0.2) is 18.5 Å². The van der Waals surface area contributed by atoms with E-state index in [4.69, 9.17) is 9.47 Å². The van der Waals surface area contributed by atoms with Gasteiger partial charge in [-0.2, -0.15) is 0 Å². The molecule has 0 radical (unpaired) electrons. The molecule has 13 heavy (non-hydrogen) atoms. The molecule has 0 amide bonds. The van der Waals surface area contributed by atoms with Crippen molar-refractivity contribution >= 4 is 0 Å². The van der Waals surface area contributed by atoms with Gasteiger partial charge in [-0.25, -0.2) is 0 Å². The zero-order chi connectivity index (χ0) is 9.31. The Morgan fingerprint density at radius 3 is 2.38 bits per heavy atom. The molecular weight excluding hydrogens is 164 g/mol. The Hall–Kier alpha value is -0.0800. The van der Waals surface area contributed by atoms with Gasteiger partial charge in [0.25, 0.3) is 0 Å². The summed E-state index contributed by atoms with van der Waals surface area (Å²) in [6.07, 6.45) is 6.15. The van der Waals surface area contributed by atoms with Crippen LogP contribution in [0.15, 0.2) is 0 Å². The van der Waals surface area contributed by atoms with Crippen LogP contribution in [-0.2, 0) is 9.47 Å². The van der Waals surface area contributed by atoms with Crippen LogP contribution in [0.1, 0.15) is 46.0 Å². The van der Waals surface area contributed by atoms with Crippen molar-refractivity contribution in [1.29, 1.82) is 0 Å². The summed E-state index contributed by atoms with van der Waals surface area (Å²) >= 11 is 0. The third-order valence-corrected chi connectivity index (χ3v) is 3.34. The maximum Gasteiger partial charge on any atom is 0.168 e. The molecule has 1 heterocycles. The molecule has 0 aromatic carbocycles. The Morgan fingerprint density at radius 1 is 1.08 bits per heavy atom. The molecule has 0 N–H and O–H groups in total. The van der Waals surface area contributed by atoms with E-state index in [0.717, 1.165) is 31.8 Å². The van der Waals surface area contributed by atoms with Crippen LogP contribution in [0.3, 0.4) is 0 Å². The summed E-state index contributed by atoms with van der Waals surface area (Å²) in [6, 6.07) is 0. The highest BCUT2D eigenvalue weighted by Crippen LogP contribution is 2.38. The molecule has 1 aliphatic heterocycles. The van der Waals surface area contributed by atoms with Crippen molar-refractivity contribution in [3.63, 3.8) is 0 Å². The molecule has 1 unspecified atom stereocenters. The van der Waals surface area contributed by atoms with Crippen molar-refractivity contribution in [2.75, 3.05) is 6.61 Å². The van der Waals surface area contributed by atoms with Gasteiger partial charge in [0.2, 0.25) is 0 Å². The quantitative estimate of drug-likeness (QED) is 0.576. The first-order valence-corrected chi connectivity index (χ1v) is 5.52. The highest BCUT2D eigenvalue weighted by atomic mass is 16.7. The van der Waals surface area contributed by atoms with Gasteiger partial charge in [0.05, 0.1) is 12.7 Å². The van der Waals surface area contributed by atoms with E-state index in [1.54, 1.807) is 0 Å². The Labute approximate surface area is 80.6 Å². The van der Waals surface area contributed by atoms with Gasteiger partial charge in [-0.3, -0.25) is 0 Å². The van der Waals surface area contributed by atoms with Gasteiger partial charge in [-0.05, 0) is 32.1 Å². The Morgan fingerprint density at radius 2 is 1.77 bits per heavy atom. The van der Waals surface area contributed by atoms with E-state index in [9.17, 15) is 0 Å². The van der Waals surface area contributed by atoms with Gasteiger partial charge in [-0.15, -0.1) is 0 Å². The van der Waals surface area contributed by atoms with Crippen molar-refractivity contribution < 1.29 is 9.47 Å². The van der Waals surface area contributed by atoms with Gasteiger partial charge < -0.3 is 9.47 Å². The summed E-state index contributed by atoms with van der Waals surface area (Å²) in [6.45, 7) is 5.36. The average molecular weight is 184 g/mol. The van der Waals surface area contributed by atoms with Crippen molar-refractivity contribution in [3.8, 4) is 0 Å². The average Bonchev–Trinajstić information content (AvgIpc) is 2.11. The van der Waals surface area contributed by atoms with E-state index in [-0.39, 0.29) is 5.79 Å². The van der Waals surface area contributed by atoms with E-state index in [1.807, 2.05) is 0 Å². The maximum atomic E-state index is 5.94. The summed E-state index contributed by atoms with van der Waals surface area (Å²) in [4.78, 5) is 0. The second kappa shape index (κ2) is 3.58. The van der Waals surface area contributed by atoms with Gasteiger partial charge in [0.15, 0.2) is 5.79 Å². The zero-order valence-electron chi connectivity index (χ0n) is 8.71. The summed E-state index contributed by atoms with van der Waals surface area (Å²) in [5, 5.41) is 0. The second-order valence-electron chi connectivity index (χ2n) is 4.66. The molecule has 1 saturated carbocycles. The minimum absolute atomic E-state index is 0.190. The van der Waals surface area contributed by atoms with Crippen LogP contribution in [0.4, 0.5) is 0 Å². The monoisotopic (exact) mass is 184 g/mol. The first-order valence-electron chi connectivity index (χ1n) is 5.52. The smallest absolute Gasteiger partial charge is 0.168 e. The lowest BCUT2D eigenvalue weighted by Gasteiger charge is -2.43. The number of hydrogen-bond donors (Lipinski definition) is 0. The lowest BCUT2D eigenvalue weighted by Crippen LogP contribution is -2.46. The van der Waals surface area contributed by atoms with Crippen LogP contribution in [0.5, 0.6) is 0 Å². The molecular formula is C11H20O2. The van der Waals surface area contributed by atoms with Crippen molar-refractivity contribution in [2.45, 2.75) is 57.8 Å². The Bertz CT molecular complexity index is 171. The molecule has 0 bridgehead atoms. The molecule has 2 nitrogen and oxygen atoms in total. The third-order valence-electron chi connectivity index (χ3n) is 3.34. The van der Waals surface area contributed by atoms with Crippen molar-refractivity contribution in [1.82, 2.24) is 0 Å². The minimum atomic E-state index is -0.190. The highest BCUT2D eigenvalue weighted by Gasteiger charge is 2.39. The third kappa shape index (κ3) is 2.05. The fourth-order valence-electron chi connectivity index (χ4n) is 2.33. The number of rotatable bonds is 0. The highest BCUT2D eigenvalue weighted by molar-refractivity contribution is 4.81. The second-order valence-corrected chi connectivity index (χ2v) is 4.66. The normalized spacial score (nSPS) is 46.6. The predicted octanol–water partition coefficient (Wildman–Crippen LogP) is 2.72. The summed E-state index contributed by atoms with van der Waals surface area (Å²) in [5.41, 5.74) is 0. The number of hydrogen-bond acceptors (Lipinski definition) is 2. The molecule has 0 aromatic heterocycles. The SMILES string of the molecule is CC1CCC2(CC1)OCCC(C)O2. The van der Waals surface area contributed by atoms with Gasteiger partial charge >= 0.3 is 0 Å². The van der Waals surface area contributed by atoms with Crippen molar-refractivity contribution in [2.24, 2.45) is 5.92 Å². The fraction of sp³-hybridized carbons (Fsp3) is 1.00. The lowest BCUT2D eigenvalue weighted by molar-refractivity contribution is -0.304. The van der Waals surface area contributed by atoms with E-state index >= 15 is 0 Å². The maximum absolute atomic E-state index is 5.94. The molecule has 1 spiro atoms. The van der Waals surface area contributed by atoms with Crippen LogP contribution in [0, 0.1) is 5.92 Å². The van der Waals surface area contributed by atoms with Crippen LogP contribution in [0.2, 0.25) is 0 Å². The molecule has 2 heteroatoms. The Balaban J connectivity index is 1.95. The molecule has 2 aliphatic rings. The van der Waals surface area contributed by atoms with Crippen LogP contribution in [0.25, 0.3) is 0 Å². The number of ether oxygens (including phenoxy) is 2. The van der Waals surface area contributed by atoms with E-state index in [0.29, 0.717) is 6.10 Å². The summed E-state index contributed by atoms with van der Waals surface area (Å²) in [7, 11) is 0. The molecule has 1 atom stereocenters. The molecule has 2 fully saturated rings. The minimum Gasteiger partial charge on any atom is -0.350 e. The topological polar surface area (TPSA) is 18.5 Å². The van der Waals surface area contributed by atoms with Gasteiger partial charge in [-0.1, -0.05) is 6.92 Å². The van der Waals surface area contributed by atoms with E-state index < -0.39 is 0 Å². The van der Waals surface area contributed by atoms with E-state index in [1.165, 1.54) is 12.8 Å². The molecule has 1 saturated heterocycles. The van der Waals surface area contributed by atoms with Gasteiger partial charge in [0, 0.05) is 12.8 Å². The predicted molar refractivity (Wildman–Crippen MR) is 51.5 cm³/mol. The molecule has 0 aromatic rings. The molecule has 2 rings (SSSR count). The van der Waals surface area contributed by atoms with Crippen molar-refractivity contribution in [3.05, 3.63) is 0 Å². The Kier molecular flexibility index (Phi) is 2.61. The van der Waals surface area contributed by atoms with E-state index in [2.05, 4.69) is 13.8 Å².